The molecule has 76 valence electrons. The molecule has 2 N–H and O–H groups in total. The minimum Gasteiger partial charge on any atom is -0.394 e. The molecular formula is C7H8ClN3O2S. The maximum absolute atomic E-state index is 10.6. The molecule has 0 aliphatic rings. The van der Waals surface area contributed by atoms with Gasteiger partial charge in [0, 0.05) is 5.38 Å². The Morgan fingerprint density at radius 3 is 3.14 bits per heavy atom. The molecule has 14 heavy (non-hydrogen) atoms. The number of nitrogens with two attached hydrogens (primary N) is 1. The number of nitrogen functional groups attached to an aromatic ring is 1. The summed E-state index contributed by atoms with van der Waals surface area (Å²) in [4.78, 5) is 19.2. The van der Waals surface area contributed by atoms with Crippen LogP contribution in [0, 0.1) is 0 Å². The normalized spacial score (nSPS) is 11.4. The van der Waals surface area contributed by atoms with E-state index in [1.807, 2.05) is 0 Å². The highest BCUT2D eigenvalue weighted by atomic mass is 35.5. The van der Waals surface area contributed by atoms with Crippen LogP contribution in [0.4, 0.5) is 5.13 Å². The molecule has 0 atom stereocenters. The fraction of sp³-hybridized carbons (Fsp3) is 0.286. The fourth-order valence-electron chi connectivity index (χ4n) is 0.684. The number of nitrogens with zero attached hydrogens (tertiary/aromatic N) is 2. The average Bonchev–Trinajstić information content (AvgIpc) is 2.60. The molecule has 7 heteroatoms. The van der Waals surface area contributed by atoms with E-state index >= 15 is 0 Å². The van der Waals surface area contributed by atoms with E-state index in [0.29, 0.717) is 23.0 Å². The van der Waals surface area contributed by atoms with Gasteiger partial charge in [0.05, 0.1) is 5.88 Å². The van der Waals surface area contributed by atoms with Gasteiger partial charge in [0.1, 0.15) is 12.3 Å². The number of alkyl halides is 1. The van der Waals surface area contributed by atoms with E-state index in [4.69, 9.17) is 22.2 Å². The first-order valence-corrected chi connectivity index (χ1v) is 5.12. The Bertz CT molecular complexity index is 339. The van der Waals surface area contributed by atoms with Crippen molar-refractivity contribution in [3.63, 3.8) is 0 Å². The van der Waals surface area contributed by atoms with Crippen LogP contribution < -0.4 is 5.73 Å². The number of halogens is 1. The van der Waals surface area contributed by atoms with E-state index < -0.39 is 0 Å². The second kappa shape index (κ2) is 5.56. The van der Waals surface area contributed by atoms with E-state index in [2.05, 4.69) is 10.1 Å². The van der Waals surface area contributed by atoms with Crippen LogP contribution in [0.15, 0.2) is 10.5 Å². The van der Waals surface area contributed by atoms with Gasteiger partial charge in [0.2, 0.25) is 0 Å². The summed E-state index contributed by atoms with van der Waals surface area (Å²) in [6, 6.07) is 0. The molecule has 0 saturated carbocycles. The van der Waals surface area contributed by atoms with Gasteiger partial charge in [0.15, 0.2) is 17.1 Å². The molecule has 1 aromatic rings. The smallest absolute Gasteiger partial charge is 0.180 e. The van der Waals surface area contributed by atoms with Gasteiger partial charge in [-0.15, -0.1) is 22.9 Å². The summed E-state index contributed by atoms with van der Waals surface area (Å²) in [5.74, 6) is 0.314. The molecule has 0 radical (unpaired) electrons. The molecule has 5 nitrogen and oxygen atoms in total. The summed E-state index contributed by atoms with van der Waals surface area (Å²) in [5, 5.41) is 5.58. The molecular weight excluding hydrogens is 226 g/mol. The molecule has 0 aromatic carbocycles. The highest BCUT2D eigenvalue weighted by Crippen LogP contribution is 2.11. The quantitative estimate of drug-likeness (QED) is 0.269. The van der Waals surface area contributed by atoms with E-state index in [9.17, 15) is 4.79 Å². The summed E-state index contributed by atoms with van der Waals surface area (Å²) < 4.78 is 0. The van der Waals surface area contributed by atoms with Gasteiger partial charge in [-0.2, -0.15) is 0 Å². The largest absolute Gasteiger partial charge is 0.394 e. The molecule has 0 saturated heterocycles. The molecule has 1 heterocycles. The van der Waals surface area contributed by atoms with Crippen molar-refractivity contribution in [2.75, 3.05) is 18.2 Å². The lowest BCUT2D eigenvalue weighted by atomic mass is 10.3. The third-order valence-corrected chi connectivity index (χ3v) is 2.06. The molecule has 0 unspecified atom stereocenters. The van der Waals surface area contributed by atoms with Crippen LogP contribution in [-0.4, -0.2) is 29.5 Å². The summed E-state index contributed by atoms with van der Waals surface area (Å²) in [7, 11) is 0. The van der Waals surface area contributed by atoms with E-state index in [0.717, 1.165) is 0 Å². The standard InChI is InChI=1S/C7H8ClN3O2S/c8-1-2-13-11-5(3-12)6-4-14-7(9)10-6/h3-4H,1-2H2,(H2,9,10)/b11-5-. The number of thiazole rings is 1. The van der Waals surface area contributed by atoms with Gasteiger partial charge in [-0.1, -0.05) is 5.16 Å². The van der Waals surface area contributed by atoms with Crippen molar-refractivity contribution >= 4 is 40.1 Å². The SMILES string of the molecule is Nc1nc(/C(C=O)=N\OCCCl)cs1. The maximum atomic E-state index is 10.6. The topological polar surface area (TPSA) is 77.6 Å². The van der Waals surface area contributed by atoms with Crippen molar-refractivity contribution in [1.82, 2.24) is 4.98 Å². The Balaban J connectivity index is 2.71. The minimum atomic E-state index is 0.114. The Morgan fingerprint density at radius 2 is 2.64 bits per heavy atom. The lowest BCUT2D eigenvalue weighted by Crippen LogP contribution is -2.05. The highest BCUT2D eigenvalue weighted by Gasteiger charge is 2.07. The number of aldehydes is 1. The number of anilines is 1. The summed E-state index contributed by atoms with van der Waals surface area (Å²) in [5.41, 5.74) is 5.93. The molecule has 0 spiro atoms. The zero-order chi connectivity index (χ0) is 10.4. The third kappa shape index (κ3) is 2.97. The lowest BCUT2D eigenvalue weighted by molar-refractivity contribution is -0.102. The predicted molar refractivity (Wildman–Crippen MR) is 55.8 cm³/mol. The number of hydrogen-bond donors (Lipinski definition) is 1. The molecule has 0 aliphatic carbocycles. The number of carbonyl (C=O) groups is 1. The van der Waals surface area contributed by atoms with Crippen LogP contribution in [0.5, 0.6) is 0 Å². The third-order valence-electron chi connectivity index (χ3n) is 1.23. The molecule has 0 bridgehead atoms. The van der Waals surface area contributed by atoms with Gasteiger partial charge in [-0.25, -0.2) is 4.98 Å². The predicted octanol–water partition coefficient (Wildman–Crippen LogP) is 0.884. The number of hydrogen-bond acceptors (Lipinski definition) is 6. The summed E-state index contributed by atoms with van der Waals surface area (Å²) >= 11 is 6.59. The van der Waals surface area contributed by atoms with Crippen molar-refractivity contribution in [3.05, 3.63) is 11.1 Å². The van der Waals surface area contributed by atoms with Crippen molar-refractivity contribution in [2.45, 2.75) is 0 Å². The van der Waals surface area contributed by atoms with Gasteiger partial charge in [-0.3, -0.25) is 4.79 Å². The number of rotatable bonds is 5. The van der Waals surface area contributed by atoms with Crippen molar-refractivity contribution in [1.29, 1.82) is 0 Å². The molecule has 1 rings (SSSR count). The zero-order valence-corrected chi connectivity index (χ0v) is 8.72. The Morgan fingerprint density at radius 1 is 1.86 bits per heavy atom. The average molecular weight is 234 g/mol. The van der Waals surface area contributed by atoms with Crippen LogP contribution >= 0.6 is 22.9 Å². The minimum absolute atomic E-state index is 0.114. The molecule has 0 fully saturated rings. The fourth-order valence-corrected chi connectivity index (χ4v) is 1.31. The summed E-state index contributed by atoms with van der Waals surface area (Å²) in [6.45, 7) is 0.249. The van der Waals surface area contributed by atoms with Crippen LogP contribution in [0.2, 0.25) is 0 Å². The van der Waals surface area contributed by atoms with Crippen LogP contribution in [0.1, 0.15) is 5.69 Å². The second-order valence-electron chi connectivity index (χ2n) is 2.19. The molecule has 1 aromatic heterocycles. The number of carbonyl (C=O) groups excluding carboxylic acids is 1. The lowest BCUT2D eigenvalue weighted by Gasteiger charge is -1.95. The van der Waals surface area contributed by atoms with Crippen molar-refractivity contribution in [2.24, 2.45) is 5.16 Å². The Hall–Kier alpha value is -1.14. The maximum Gasteiger partial charge on any atom is 0.180 e. The number of aromatic nitrogens is 1. The Kier molecular flexibility index (Phi) is 4.34. The molecule has 0 amide bonds. The first-order valence-electron chi connectivity index (χ1n) is 3.70. The van der Waals surface area contributed by atoms with Gasteiger partial charge >= 0.3 is 0 Å². The van der Waals surface area contributed by atoms with Gasteiger partial charge in [0.25, 0.3) is 0 Å². The van der Waals surface area contributed by atoms with Crippen LogP contribution in [0.3, 0.4) is 0 Å². The second-order valence-corrected chi connectivity index (χ2v) is 3.46. The first-order chi connectivity index (χ1) is 6.77. The van der Waals surface area contributed by atoms with Crippen molar-refractivity contribution in [3.8, 4) is 0 Å². The van der Waals surface area contributed by atoms with Crippen molar-refractivity contribution < 1.29 is 9.63 Å². The summed E-state index contributed by atoms with van der Waals surface area (Å²) in [6.07, 6.45) is 0.558. The number of oxime groups is 1. The van der Waals surface area contributed by atoms with Crippen LogP contribution in [-0.2, 0) is 9.63 Å². The first kappa shape index (κ1) is 10.9. The van der Waals surface area contributed by atoms with E-state index in [1.54, 1.807) is 5.38 Å². The highest BCUT2D eigenvalue weighted by molar-refractivity contribution is 7.13. The molecule has 0 aliphatic heterocycles. The van der Waals surface area contributed by atoms with E-state index in [1.165, 1.54) is 11.3 Å². The Labute approximate surface area is 89.5 Å². The monoisotopic (exact) mass is 233 g/mol. The zero-order valence-electron chi connectivity index (χ0n) is 7.14. The van der Waals surface area contributed by atoms with Gasteiger partial charge < -0.3 is 10.6 Å². The van der Waals surface area contributed by atoms with Gasteiger partial charge in [-0.05, 0) is 0 Å². The van der Waals surface area contributed by atoms with E-state index in [-0.39, 0.29) is 12.3 Å². The van der Waals surface area contributed by atoms with Crippen LogP contribution in [0.25, 0.3) is 0 Å².